The van der Waals surface area contributed by atoms with Gasteiger partial charge in [0.05, 0.1) is 157 Å². The molecule has 0 unspecified atom stereocenters. The van der Waals surface area contributed by atoms with Gasteiger partial charge in [-0.1, -0.05) is 114 Å². The molecule has 12 aromatic heterocycles. The molecule has 6 aliphatic heterocycles. The first-order chi connectivity index (χ1) is 67.7. The smallest absolute Gasteiger partial charge is 0.411 e. The topological polar surface area (TPSA) is 453 Å². The Hall–Kier alpha value is -10.6. The molecule has 20 rings (SSSR count). The minimum Gasteiger partial charge on any atom is -0.450 e. The summed E-state index contributed by atoms with van der Waals surface area (Å²) in [7, 11) is 0. The lowest BCUT2D eigenvalue weighted by Gasteiger charge is -2.35. The van der Waals surface area contributed by atoms with Gasteiger partial charge in [0, 0.05) is 182 Å². The predicted molar refractivity (Wildman–Crippen MR) is 575 cm³/mol. The number of halogens is 5. The van der Waals surface area contributed by atoms with E-state index in [1.165, 1.54) is 51.4 Å². The molecule has 18 N–H and O–H groups in total. The van der Waals surface area contributed by atoms with Gasteiger partial charge in [-0.25, -0.2) is 34.7 Å². The first-order valence-electron chi connectivity index (χ1n) is 49.7. The zero-order valence-electron chi connectivity index (χ0n) is 81.4. The molecule has 0 radical (unpaired) electrons. The van der Waals surface area contributed by atoms with Crippen molar-refractivity contribution in [3.05, 3.63) is 98.9 Å². The molecular weight excluding hydrogens is 1950 g/mol. The highest BCUT2D eigenvalue weighted by molar-refractivity contribution is 9.10. The Morgan fingerprint density at radius 1 is 0.393 bits per heavy atom. The Balaban J connectivity index is 0.000000127. The van der Waals surface area contributed by atoms with E-state index in [0.717, 1.165) is 270 Å². The molecule has 2 aliphatic carbocycles. The van der Waals surface area contributed by atoms with Crippen molar-refractivity contribution < 1.29 is 33.5 Å². The number of anilines is 12. The van der Waals surface area contributed by atoms with E-state index in [2.05, 4.69) is 164 Å². The molecule has 0 spiro atoms. The van der Waals surface area contributed by atoms with Crippen LogP contribution in [0.4, 0.5) is 73.0 Å². The van der Waals surface area contributed by atoms with E-state index >= 15 is 0 Å². The van der Waals surface area contributed by atoms with E-state index in [1.807, 2.05) is 46.3 Å². The summed E-state index contributed by atoms with van der Waals surface area (Å²) in [5.74, 6) is 2.51. The normalized spacial score (nSPS) is 19.4. The van der Waals surface area contributed by atoms with Gasteiger partial charge in [-0.2, -0.15) is 0 Å². The van der Waals surface area contributed by atoms with Crippen molar-refractivity contribution >= 4 is 244 Å². The third-order valence-corrected chi connectivity index (χ3v) is 29.9. The number of rotatable bonds is 22. The standard InChI is InChI=1S/C18H23ClN4O.C18H25ClN4O.C17H23ClN4O.C17H23N5OS.C15H20BrN5O2.C15H20ClN5O/c1-2-11-4-3-7-23(10-11)16-13(19)8-20-17-15(16)14(9-21-17)22-18(24)12-5-6-12;1-4-12-6-5-7-23(10-12)16-13(19)8-20-17-15(16)14(9-21-17)22-18(24)11(2)3;1-3-11-6-5-7-22(10-11)16-12(18)8-19-17-15(16)13(9-20-17)21-14(23)4-2;1-24-13-8-20-16-14(15(13)22-6-2-3-11(18)9-22)12(7-19-16)21-17(23)10-4-5-10;1-2-23-15(22)20-11-7-19-14-12(11)13(10(16)6-18-14)21-5-3-4-9(17)8-21;1-2-12(22)20-11-7-19-15-13(11)14(10(16)6-18-15)21-5-3-4-9(17)8-21/h8-9,11-12H,2-7,10H2,1H3,(H,20,21)(H,22,24);8-9,11-12H,4-7,10H2,1-3H3,(H,20,21)(H,22,24);8-9,11H,3-7,10H2,1-2H3,(H,19,20)(H,21,23);7-8,10-11H,2-6,9,18H2,1H3,(H,19,20)(H,21,23);6-7,9H,2-5,8,17H2,1H3,(H,18,19)(H,20,22);6-7,9H,2-5,8,17H2,1H3,(H,18,19)(H,20,22)/t11-;12-;2*11-;2*9-/m111111/s1. The predicted octanol–water partition coefficient (Wildman–Crippen LogP) is 20.7. The minimum absolute atomic E-state index is 0.00750. The number of aromatic amines is 6. The highest BCUT2D eigenvalue weighted by atomic mass is 79.9. The number of amides is 6. The van der Waals surface area contributed by atoms with Crippen LogP contribution < -0.4 is 78.5 Å². The summed E-state index contributed by atoms with van der Waals surface area (Å²) in [4.78, 5) is 132. The SMILES string of the molecule is CCC(=O)Nc1c[nH]c2ncc(Cl)c(N3CCC[C@@H](CC)C3)c12.CCC(=O)Nc1c[nH]c2ncc(Cl)c(N3CCC[C@@H](N)C3)c12.CCOC(=O)Nc1c[nH]c2ncc(Br)c(N3CCC[C@@H](N)C3)c12.CC[C@@H]1CCCN(c2c(Cl)cnc3[nH]cc(NC(=O)C(C)C)c23)C1.CC[C@@H]1CCCN(c2c(Cl)cnc3[nH]cc(NC(=O)C4CC4)c23)C1.CSc1cnc2[nH]cc(NC(=O)C3CC3)c2c1N1CCC[C@@H](N)C1. The molecule has 40 heteroatoms. The van der Waals surface area contributed by atoms with Crippen molar-refractivity contribution in [1.82, 2.24) is 59.8 Å². The maximum Gasteiger partial charge on any atom is 0.411 e. The first-order valence-corrected chi connectivity index (χ1v) is 53.3. The average molecular weight is 2080 g/mol. The summed E-state index contributed by atoms with van der Waals surface area (Å²) in [6.45, 7) is 27.4. The molecule has 34 nitrogen and oxygen atoms in total. The van der Waals surface area contributed by atoms with E-state index in [0.29, 0.717) is 80.0 Å². The van der Waals surface area contributed by atoms with Gasteiger partial charge in [0.2, 0.25) is 29.5 Å². The third kappa shape index (κ3) is 24.8. The fraction of sp³-hybridized carbons (Fsp3) is 0.520. The molecule has 8 aliphatic rings. The van der Waals surface area contributed by atoms with Crippen LogP contribution in [0.1, 0.15) is 190 Å². The highest BCUT2D eigenvalue weighted by Gasteiger charge is 2.36. The zero-order valence-corrected chi connectivity index (χ0v) is 86.8. The molecule has 6 atom stereocenters. The molecule has 0 aromatic carbocycles. The number of nitrogens with two attached hydrogens (primary N) is 3. The molecule has 2 saturated carbocycles. The van der Waals surface area contributed by atoms with Crippen molar-refractivity contribution in [3.63, 3.8) is 0 Å². The number of carbonyl (C=O) groups excluding carboxylic acids is 6. The van der Waals surface area contributed by atoms with Gasteiger partial charge in [-0.05, 0) is 150 Å². The van der Waals surface area contributed by atoms with Crippen LogP contribution in [0, 0.1) is 35.5 Å². The van der Waals surface area contributed by atoms with Crippen LogP contribution in [0.2, 0.25) is 20.1 Å². The maximum absolute atomic E-state index is 12.2. The summed E-state index contributed by atoms with van der Waals surface area (Å²) in [6, 6.07) is 0.486. The Labute approximate surface area is 849 Å². The molecule has 18 heterocycles. The number of fused-ring (bicyclic) bond motifs is 6. The van der Waals surface area contributed by atoms with Crippen molar-refractivity contribution in [2.24, 2.45) is 52.7 Å². The number of H-pyrrole nitrogens is 6. The molecule has 140 heavy (non-hydrogen) atoms. The number of nitrogens with one attached hydrogen (secondary N) is 12. The second kappa shape index (κ2) is 48.0. The second-order valence-corrected chi connectivity index (χ2v) is 41.3. The lowest BCUT2D eigenvalue weighted by atomic mass is 9.95. The van der Waals surface area contributed by atoms with E-state index in [9.17, 15) is 28.8 Å². The van der Waals surface area contributed by atoms with Crippen molar-refractivity contribution in [2.45, 2.75) is 213 Å². The summed E-state index contributed by atoms with van der Waals surface area (Å²) in [5, 5.41) is 25.8. The van der Waals surface area contributed by atoms with Crippen LogP contribution in [-0.4, -0.2) is 205 Å². The van der Waals surface area contributed by atoms with E-state index in [1.54, 1.807) is 74.5 Å². The average Bonchev–Trinajstić information content (AvgIpc) is 1.63. The monoisotopic (exact) mass is 2080 g/mol. The summed E-state index contributed by atoms with van der Waals surface area (Å²) >= 11 is 31.2. The Bertz CT molecular complexity index is 6230. The Kier molecular flexibility index (Phi) is 35.6. The highest BCUT2D eigenvalue weighted by Crippen LogP contribution is 2.48. The van der Waals surface area contributed by atoms with E-state index in [-0.39, 0.29) is 65.4 Å². The van der Waals surface area contributed by atoms with Gasteiger partial charge in [-0.15, -0.1) is 11.8 Å². The zero-order chi connectivity index (χ0) is 99.1. The van der Waals surface area contributed by atoms with Crippen molar-refractivity contribution in [1.29, 1.82) is 0 Å². The van der Waals surface area contributed by atoms with Crippen LogP contribution in [0.5, 0.6) is 0 Å². The third-order valence-electron chi connectivity index (χ3n) is 27.5. The lowest BCUT2D eigenvalue weighted by Crippen LogP contribution is -2.43. The molecule has 12 aromatic rings. The maximum atomic E-state index is 12.2. The summed E-state index contributed by atoms with van der Waals surface area (Å²) < 4.78 is 5.85. The van der Waals surface area contributed by atoms with Gasteiger partial charge >= 0.3 is 6.09 Å². The number of aromatic nitrogens is 12. The fourth-order valence-corrected chi connectivity index (χ4v) is 21.8. The summed E-state index contributed by atoms with van der Waals surface area (Å²) in [6.07, 6.45) is 44.7. The van der Waals surface area contributed by atoms with Crippen LogP contribution >= 0.6 is 74.1 Å². The van der Waals surface area contributed by atoms with Crippen molar-refractivity contribution in [2.75, 3.05) is 153 Å². The molecule has 6 amide bonds. The quantitative estimate of drug-likeness (QED) is 0.0280. The molecule has 752 valence electrons. The number of piperidine rings is 6. The second-order valence-electron chi connectivity index (χ2n) is 38.0. The molecule has 6 saturated heterocycles. The Morgan fingerprint density at radius 3 is 0.993 bits per heavy atom. The number of carbonyl (C=O) groups is 6. The van der Waals surface area contributed by atoms with Crippen LogP contribution in [0.3, 0.4) is 0 Å². The number of ether oxygens (including phenoxy) is 1. The van der Waals surface area contributed by atoms with Gasteiger partial charge in [0.15, 0.2) is 0 Å². The fourth-order valence-electron chi connectivity index (χ4n) is 19.6. The number of hydrogen-bond donors (Lipinski definition) is 15. The van der Waals surface area contributed by atoms with E-state index in [4.69, 9.17) is 68.3 Å². The van der Waals surface area contributed by atoms with E-state index < -0.39 is 6.09 Å². The van der Waals surface area contributed by atoms with Crippen LogP contribution in [0.15, 0.2) is 83.7 Å². The van der Waals surface area contributed by atoms with Crippen LogP contribution in [-0.2, 0) is 28.7 Å². The lowest BCUT2D eigenvalue weighted by molar-refractivity contribution is -0.119. The van der Waals surface area contributed by atoms with Gasteiger partial charge in [0.1, 0.15) is 33.9 Å². The molecule has 0 bridgehead atoms. The number of pyridine rings is 6. The summed E-state index contributed by atoms with van der Waals surface area (Å²) in [5.41, 5.74) is 33.5. The number of hydrogen-bond acceptors (Lipinski definition) is 23. The Morgan fingerprint density at radius 2 is 0.679 bits per heavy atom. The largest absolute Gasteiger partial charge is 0.450 e. The number of nitrogens with zero attached hydrogens (tertiary/aromatic N) is 12. The van der Waals surface area contributed by atoms with Gasteiger partial charge in [-0.3, -0.25) is 29.3 Å². The first kappa shape index (κ1) is 104. The number of thioether (sulfide) groups is 1. The van der Waals surface area contributed by atoms with Crippen LogP contribution in [0.25, 0.3) is 66.2 Å². The van der Waals surface area contributed by atoms with Crippen molar-refractivity contribution in [3.8, 4) is 0 Å². The molecular formula is C100H134BrCl4N27O7S. The van der Waals surface area contributed by atoms with Gasteiger partial charge < -0.3 is 108 Å². The minimum atomic E-state index is -0.477. The van der Waals surface area contributed by atoms with Gasteiger partial charge in [0.25, 0.3) is 0 Å². The molecule has 8 fully saturated rings.